The van der Waals surface area contributed by atoms with Crippen LogP contribution in [-0.2, 0) is 4.74 Å². The Hall–Kier alpha value is -2.73. The summed E-state index contributed by atoms with van der Waals surface area (Å²) in [5, 5.41) is 2.92. The molecule has 1 N–H and O–H groups in total. The largest absolute Gasteiger partial charge is 0.486 e. The molecule has 2 aliphatic heterocycles. The number of nitrogens with zero attached hydrogens (tertiary/aromatic N) is 1. The Morgan fingerprint density at radius 2 is 1.77 bits per heavy atom. The molecule has 2 aromatic carbocycles. The van der Waals surface area contributed by atoms with E-state index < -0.39 is 0 Å². The lowest BCUT2D eigenvalue weighted by Crippen LogP contribution is -2.40. The standard InChI is InChI=1S/C20H22N2O4/c23-20(15-5-7-16(8-6-15)22-9-11-24-12-10-22)21-13-17-14-25-18-3-1-2-4-19(18)26-17/h1-8,17H,9-14H2,(H,21,23)/t17-/m0/s1. The van der Waals surface area contributed by atoms with E-state index in [0.29, 0.717) is 24.5 Å². The number of ether oxygens (including phenoxy) is 3. The van der Waals surface area contributed by atoms with Crippen LogP contribution < -0.4 is 19.7 Å². The number of hydrogen-bond acceptors (Lipinski definition) is 5. The summed E-state index contributed by atoms with van der Waals surface area (Å²) < 4.78 is 16.9. The topological polar surface area (TPSA) is 60.0 Å². The fraction of sp³-hybridized carbons (Fsp3) is 0.350. The van der Waals surface area contributed by atoms with Crippen LogP contribution in [0.5, 0.6) is 11.5 Å². The fourth-order valence-electron chi connectivity index (χ4n) is 3.12. The Labute approximate surface area is 152 Å². The van der Waals surface area contributed by atoms with Crippen LogP contribution in [0, 0.1) is 0 Å². The van der Waals surface area contributed by atoms with E-state index in [1.54, 1.807) is 0 Å². The van der Waals surface area contributed by atoms with Gasteiger partial charge in [-0.05, 0) is 36.4 Å². The summed E-state index contributed by atoms with van der Waals surface area (Å²) in [6.07, 6.45) is -0.193. The zero-order valence-corrected chi connectivity index (χ0v) is 14.5. The molecule has 6 nitrogen and oxygen atoms in total. The van der Waals surface area contributed by atoms with Crippen LogP contribution in [-0.4, -0.2) is 51.5 Å². The Bertz CT molecular complexity index is 757. The normalized spacial score (nSPS) is 19.1. The monoisotopic (exact) mass is 354 g/mol. The average molecular weight is 354 g/mol. The number of hydrogen-bond donors (Lipinski definition) is 1. The summed E-state index contributed by atoms with van der Waals surface area (Å²) in [4.78, 5) is 14.6. The number of morpholine rings is 1. The van der Waals surface area contributed by atoms with Gasteiger partial charge in [0.05, 0.1) is 19.8 Å². The lowest BCUT2D eigenvalue weighted by molar-refractivity contribution is 0.0789. The Kier molecular flexibility index (Phi) is 4.93. The maximum absolute atomic E-state index is 12.4. The van der Waals surface area contributed by atoms with Gasteiger partial charge in [-0.2, -0.15) is 0 Å². The highest BCUT2D eigenvalue weighted by molar-refractivity contribution is 5.94. The van der Waals surface area contributed by atoms with E-state index in [-0.39, 0.29) is 12.0 Å². The molecule has 0 aromatic heterocycles. The van der Waals surface area contributed by atoms with E-state index in [4.69, 9.17) is 14.2 Å². The molecule has 0 bridgehead atoms. The average Bonchev–Trinajstić information content (AvgIpc) is 2.72. The third-order valence-electron chi connectivity index (χ3n) is 4.56. The van der Waals surface area contributed by atoms with Crippen LogP contribution in [0.25, 0.3) is 0 Å². The zero-order chi connectivity index (χ0) is 17.8. The maximum atomic E-state index is 12.4. The van der Waals surface area contributed by atoms with Crippen molar-refractivity contribution in [1.82, 2.24) is 5.32 Å². The zero-order valence-electron chi connectivity index (χ0n) is 14.5. The second-order valence-electron chi connectivity index (χ2n) is 6.35. The van der Waals surface area contributed by atoms with Crippen LogP contribution in [0.3, 0.4) is 0 Å². The van der Waals surface area contributed by atoms with Crippen molar-refractivity contribution < 1.29 is 19.0 Å². The van der Waals surface area contributed by atoms with Crippen LogP contribution >= 0.6 is 0 Å². The number of benzene rings is 2. The van der Waals surface area contributed by atoms with Gasteiger partial charge < -0.3 is 24.4 Å². The van der Waals surface area contributed by atoms with Gasteiger partial charge in [0.25, 0.3) is 5.91 Å². The second kappa shape index (κ2) is 7.66. The van der Waals surface area contributed by atoms with E-state index >= 15 is 0 Å². The molecule has 2 aliphatic rings. The second-order valence-corrected chi connectivity index (χ2v) is 6.35. The molecule has 0 aliphatic carbocycles. The van der Waals surface area contributed by atoms with Crippen molar-refractivity contribution >= 4 is 11.6 Å². The van der Waals surface area contributed by atoms with Gasteiger partial charge in [-0.1, -0.05) is 12.1 Å². The molecule has 0 unspecified atom stereocenters. The maximum Gasteiger partial charge on any atom is 0.251 e. The molecule has 1 saturated heterocycles. The Morgan fingerprint density at radius 3 is 2.54 bits per heavy atom. The van der Waals surface area contributed by atoms with Gasteiger partial charge in [0.1, 0.15) is 12.7 Å². The highest BCUT2D eigenvalue weighted by Gasteiger charge is 2.21. The van der Waals surface area contributed by atoms with Crippen molar-refractivity contribution in [2.24, 2.45) is 0 Å². The predicted molar refractivity (Wildman–Crippen MR) is 98.2 cm³/mol. The van der Waals surface area contributed by atoms with E-state index in [1.807, 2.05) is 48.5 Å². The third-order valence-corrected chi connectivity index (χ3v) is 4.56. The first-order valence-electron chi connectivity index (χ1n) is 8.89. The van der Waals surface area contributed by atoms with Gasteiger partial charge in [0.15, 0.2) is 11.5 Å². The number of nitrogens with one attached hydrogen (secondary N) is 1. The SMILES string of the molecule is O=C(NC[C@H]1COc2ccccc2O1)c1ccc(N2CCOCC2)cc1. The Morgan fingerprint density at radius 1 is 1.04 bits per heavy atom. The van der Waals surface area contributed by atoms with Crippen LogP contribution in [0.15, 0.2) is 48.5 Å². The molecule has 0 saturated carbocycles. The van der Waals surface area contributed by atoms with Crippen LogP contribution in [0.4, 0.5) is 5.69 Å². The Balaban J connectivity index is 1.31. The van der Waals surface area contributed by atoms with Crippen molar-refractivity contribution in [3.8, 4) is 11.5 Å². The molecule has 26 heavy (non-hydrogen) atoms. The first-order valence-corrected chi connectivity index (χ1v) is 8.89. The molecule has 0 radical (unpaired) electrons. The first-order chi connectivity index (χ1) is 12.8. The van der Waals surface area contributed by atoms with Gasteiger partial charge in [-0.25, -0.2) is 0 Å². The molecule has 2 heterocycles. The number of carbonyl (C=O) groups excluding carboxylic acids is 1. The molecular weight excluding hydrogens is 332 g/mol. The van der Waals surface area contributed by atoms with Crippen molar-refractivity contribution in [3.63, 3.8) is 0 Å². The highest BCUT2D eigenvalue weighted by Crippen LogP contribution is 2.30. The quantitative estimate of drug-likeness (QED) is 0.911. The molecule has 136 valence electrons. The van der Waals surface area contributed by atoms with Gasteiger partial charge in [-0.3, -0.25) is 4.79 Å². The number of carbonyl (C=O) groups is 1. The fourth-order valence-corrected chi connectivity index (χ4v) is 3.12. The summed E-state index contributed by atoms with van der Waals surface area (Å²) in [7, 11) is 0. The van der Waals surface area contributed by atoms with Gasteiger partial charge in [0, 0.05) is 24.3 Å². The van der Waals surface area contributed by atoms with Crippen LogP contribution in [0.2, 0.25) is 0 Å². The number of anilines is 1. The van der Waals surface area contributed by atoms with Crippen molar-refractivity contribution in [2.45, 2.75) is 6.10 Å². The van der Waals surface area contributed by atoms with Gasteiger partial charge in [0.2, 0.25) is 0 Å². The molecule has 1 fully saturated rings. The van der Waals surface area contributed by atoms with E-state index in [0.717, 1.165) is 37.7 Å². The van der Waals surface area contributed by atoms with E-state index in [1.165, 1.54) is 0 Å². The lowest BCUT2D eigenvalue weighted by atomic mass is 10.1. The highest BCUT2D eigenvalue weighted by atomic mass is 16.6. The summed E-state index contributed by atoms with van der Waals surface area (Å²) in [5.41, 5.74) is 1.75. The molecule has 0 spiro atoms. The van der Waals surface area contributed by atoms with Crippen molar-refractivity contribution in [2.75, 3.05) is 44.4 Å². The summed E-state index contributed by atoms with van der Waals surface area (Å²) >= 11 is 0. The molecule has 6 heteroatoms. The van der Waals surface area contributed by atoms with Crippen molar-refractivity contribution in [3.05, 3.63) is 54.1 Å². The molecule has 2 aromatic rings. The molecular formula is C20H22N2O4. The molecule has 4 rings (SSSR count). The van der Waals surface area contributed by atoms with Crippen LogP contribution in [0.1, 0.15) is 10.4 Å². The van der Waals surface area contributed by atoms with Gasteiger partial charge in [-0.15, -0.1) is 0 Å². The first kappa shape index (κ1) is 16.7. The number of amides is 1. The number of rotatable bonds is 4. The smallest absolute Gasteiger partial charge is 0.251 e. The predicted octanol–water partition coefficient (Wildman–Crippen LogP) is 2.09. The third kappa shape index (κ3) is 3.75. The summed E-state index contributed by atoms with van der Waals surface area (Å²) in [6, 6.07) is 15.2. The van der Waals surface area contributed by atoms with Crippen molar-refractivity contribution in [1.29, 1.82) is 0 Å². The van der Waals surface area contributed by atoms with Gasteiger partial charge >= 0.3 is 0 Å². The van der Waals surface area contributed by atoms with E-state index in [9.17, 15) is 4.79 Å². The number of fused-ring (bicyclic) bond motifs is 1. The minimum Gasteiger partial charge on any atom is -0.486 e. The summed E-state index contributed by atoms with van der Waals surface area (Å²) in [5.74, 6) is 1.35. The minimum absolute atomic E-state index is 0.110. The molecule has 1 atom stereocenters. The lowest BCUT2D eigenvalue weighted by Gasteiger charge is -2.29. The van der Waals surface area contributed by atoms with E-state index in [2.05, 4.69) is 10.2 Å². The summed E-state index contributed by atoms with van der Waals surface area (Å²) in [6.45, 7) is 4.08. The number of para-hydroxylation sites is 2. The minimum atomic E-state index is -0.193. The molecule has 1 amide bonds.